The van der Waals surface area contributed by atoms with E-state index in [2.05, 4.69) is 4.98 Å². The van der Waals surface area contributed by atoms with Crippen molar-refractivity contribution in [1.29, 1.82) is 0 Å². The topological polar surface area (TPSA) is 80.9 Å². The molecule has 0 fully saturated rings. The number of aromatic carboxylic acids is 1. The summed E-state index contributed by atoms with van der Waals surface area (Å²) in [7, 11) is 1.54. The number of hydrogen-bond acceptors (Lipinski definition) is 5. The average Bonchev–Trinajstić information content (AvgIpc) is 3.16. The minimum atomic E-state index is -1.15. The second-order valence-corrected chi connectivity index (χ2v) is 7.65. The molecular formula is C22H15ClN2O4S. The third-order valence-electron chi connectivity index (χ3n) is 4.45. The fourth-order valence-corrected chi connectivity index (χ4v) is 4.18. The maximum absolute atomic E-state index is 13.1. The van der Waals surface area contributed by atoms with Crippen LogP contribution in [0.4, 0.5) is 0 Å². The van der Waals surface area contributed by atoms with Crippen LogP contribution in [-0.4, -0.2) is 27.6 Å². The molecule has 4 rings (SSSR count). The van der Waals surface area contributed by atoms with Crippen molar-refractivity contribution in [2.75, 3.05) is 7.11 Å². The summed E-state index contributed by atoms with van der Waals surface area (Å²) in [6.45, 7) is 0. The van der Waals surface area contributed by atoms with Gasteiger partial charge in [-0.1, -0.05) is 59.3 Å². The summed E-state index contributed by atoms with van der Waals surface area (Å²) in [5.74, 6) is -0.528. The normalized spacial score (nSPS) is 11.3. The molecule has 0 bridgehead atoms. The minimum Gasteiger partial charge on any atom is -0.497 e. The van der Waals surface area contributed by atoms with Gasteiger partial charge in [0.15, 0.2) is 4.96 Å². The van der Waals surface area contributed by atoms with Crippen LogP contribution in [0.15, 0.2) is 59.4 Å². The first-order valence-electron chi connectivity index (χ1n) is 8.85. The Morgan fingerprint density at radius 3 is 2.47 bits per heavy atom. The van der Waals surface area contributed by atoms with Gasteiger partial charge in [0.25, 0.3) is 5.56 Å². The molecule has 0 saturated heterocycles. The van der Waals surface area contributed by atoms with Crippen LogP contribution in [0.1, 0.15) is 20.9 Å². The molecule has 0 saturated carbocycles. The highest BCUT2D eigenvalue weighted by molar-refractivity contribution is 7.19. The molecular weight excluding hydrogens is 424 g/mol. The lowest BCUT2D eigenvalue weighted by atomic mass is 10.1. The minimum absolute atomic E-state index is 0.00465. The van der Waals surface area contributed by atoms with Crippen molar-refractivity contribution in [3.63, 3.8) is 0 Å². The van der Waals surface area contributed by atoms with E-state index in [1.165, 1.54) is 11.5 Å². The van der Waals surface area contributed by atoms with Crippen molar-refractivity contribution in [3.8, 4) is 17.0 Å². The van der Waals surface area contributed by atoms with Crippen LogP contribution in [0.3, 0.4) is 0 Å². The van der Waals surface area contributed by atoms with E-state index in [-0.39, 0.29) is 26.2 Å². The number of carbonyl (C=O) groups is 1. The summed E-state index contributed by atoms with van der Waals surface area (Å²) in [5.41, 5.74) is 1.47. The Morgan fingerprint density at radius 2 is 1.83 bits per heavy atom. The number of hydrogen-bond donors (Lipinski definition) is 1. The molecule has 1 N–H and O–H groups in total. The first kappa shape index (κ1) is 19.9. The molecule has 0 aliphatic heterocycles. The van der Waals surface area contributed by atoms with Crippen LogP contribution in [0.25, 0.3) is 28.4 Å². The summed E-state index contributed by atoms with van der Waals surface area (Å²) < 4.78 is 6.40. The van der Waals surface area contributed by atoms with Crippen molar-refractivity contribution >= 4 is 46.0 Å². The number of halogens is 1. The van der Waals surface area contributed by atoms with E-state index in [0.29, 0.717) is 11.3 Å². The molecule has 150 valence electrons. The maximum atomic E-state index is 13.1. The highest BCUT2D eigenvalue weighted by atomic mass is 35.5. The molecule has 0 spiro atoms. The maximum Gasteiger partial charge on any atom is 0.348 e. The van der Waals surface area contributed by atoms with E-state index in [1.807, 2.05) is 30.3 Å². The predicted molar refractivity (Wildman–Crippen MR) is 119 cm³/mol. The highest BCUT2D eigenvalue weighted by Crippen LogP contribution is 2.32. The second kappa shape index (κ2) is 8.14. The van der Waals surface area contributed by atoms with Crippen LogP contribution < -0.4 is 10.3 Å². The van der Waals surface area contributed by atoms with Gasteiger partial charge in [-0.05, 0) is 35.9 Å². The Bertz CT molecular complexity index is 1330. The number of fused-ring (bicyclic) bond motifs is 1. The summed E-state index contributed by atoms with van der Waals surface area (Å²) in [6.07, 6.45) is 3.44. The molecule has 0 aliphatic carbocycles. The van der Waals surface area contributed by atoms with E-state index in [9.17, 15) is 14.7 Å². The number of benzene rings is 2. The first-order valence-corrected chi connectivity index (χ1v) is 10.0. The lowest BCUT2D eigenvalue weighted by molar-refractivity contribution is 0.0702. The van der Waals surface area contributed by atoms with E-state index in [0.717, 1.165) is 16.9 Å². The zero-order valence-corrected chi connectivity index (χ0v) is 17.3. The third kappa shape index (κ3) is 3.60. The number of thiazole rings is 1. The standard InChI is InChI=1S/C22H15ClN2O4S/c1-29-15-10-8-14(9-11-15)18-19(21(27)28)30-22-24-16(17(23)20(26)25(18)22)12-7-13-5-3-2-4-6-13/h2-12H,1H3,(H,27,28)/b12-7+. The number of ether oxygens (including phenoxy) is 1. The van der Waals surface area contributed by atoms with Crippen LogP contribution in [0, 0.1) is 0 Å². The monoisotopic (exact) mass is 438 g/mol. The van der Waals surface area contributed by atoms with Crippen LogP contribution in [0.2, 0.25) is 5.02 Å². The predicted octanol–water partition coefficient (Wildman–Crippen LogP) is 4.95. The summed E-state index contributed by atoms with van der Waals surface area (Å²) in [4.78, 5) is 29.6. The SMILES string of the molecule is COc1ccc(-c2c(C(=O)O)sc3nc(/C=C/c4ccccc4)c(Cl)c(=O)n23)cc1. The fourth-order valence-electron chi connectivity index (χ4n) is 3.01. The van der Waals surface area contributed by atoms with Crippen LogP contribution in [0.5, 0.6) is 5.75 Å². The number of rotatable bonds is 5. The van der Waals surface area contributed by atoms with Gasteiger partial charge in [-0.15, -0.1) is 0 Å². The van der Waals surface area contributed by atoms with Crippen molar-refractivity contribution in [2.24, 2.45) is 0 Å². The molecule has 2 aromatic carbocycles. The molecule has 6 nitrogen and oxygen atoms in total. The number of carboxylic acids is 1. The quantitative estimate of drug-likeness (QED) is 0.476. The van der Waals surface area contributed by atoms with Gasteiger partial charge in [0.1, 0.15) is 15.6 Å². The van der Waals surface area contributed by atoms with Gasteiger partial charge in [-0.2, -0.15) is 0 Å². The molecule has 0 amide bonds. The average molecular weight is 439 g/mol. The van der Waals surface area contributed by atoms with Crippen molar-refractivity contribution < 1.29 is 14.6 Å². The van der Waals surface area contributed by atoms with Crippen molar-refractivity contribution in [1.82, 2.24) is 9.38 Å². The molecule has 2 aromatic heterocycles. The van der Waals surface area contributed by atoms with Crippen molar-refractivity contribution in [3.05, 3.63) is 86.1 Å². The molecule has 0 unspecified atom stereocenters. The molecule has 0 atom stereocenters. The Morgan fingerprint density at radius 1 is 1.13 bits per heavy atom. The summed E-state index contributed by atoms with van der Waals surface area (Å²) in [6, 6.07) is 16.3. The Balaban J connectivity index is 1.91. The number of nitrogens with zero attached hydrogens (tertiary/aromatic N) is 2. The van der Waals surface area contributed by atoms with Gasteiger partial charge in [0.2, 0.25) is 0 Å². The van der Waals surface area contributed by atoms with E-state index in [1.54, 1.807) is 36.4 Å². The largest absolute Gasteiger partial charge is 0.497 e. The van der Waals surface area contributed by atoms with Gasteiger partial charge >= 0.3 is 5.97 Å². The number of carboxylic acid groups (broad SMARTS) is 1. The molecule has 8 heteroatoms. The molecule has 0 radical (unpaired) electrons. The zero-order chi connectivity index (χ0) is 21.3. The first-order chi connectivity index (χ1) is 14.5. The third-order valence-corrected chi connectivity index (χ3v) is 5.83. The Labute approximate surface area is 180 Å². The molecule has 30 heavy (non-hydrogen) atoms. The van der Waals surface area contributed by atoms with Gasteiger partial charge in [0.05, 0.1) is 18.5 Å². The van der Waals surface area contributed by atoms with E-state index >= 15 is 0 Å². The second-order valence-electron chi connectivity index (χ2n) is 6.29. The Hall–Kier alpha value is -3.42. The van der Waals surface area contributed by atoms with Crippen molar-refractivity contribution in [2.45, 2.75) is 0 Å². The highest BCUT2D eigenvalue weighted by Gasteiger charge is 2.23. The molecule has 0 aliphatic rings. The smallest absolute Gasteiger partial charge is 0.348 e. The zero-order valence-electron chi connectivity index (χ0n) is 15.7. The van der Waals surface area contributed by atoms with Crippen LogP contribution >= 0.6 is 22.9 Å². The van der Waals surface area contributed by atoms with Crippen LogP contribution in [-0.2, 0) is 0 Å². The van der Waals surface area contributed by atoms with E-state index in [4.69, 9.17) is 16.3 Å². The number of methoxy groups -OCH3 is 1. The van der Waals surface area contributed by atoms with Gasteiger partial charge in [0, 0.05) is 5.56 Å². The Kier molecular flexibility index (Phi) is 5.39. The molecule has 4 aromatic rings. The number of aromatic nitrogens is 2. The van der Waals surface area contributed by atoms with Gasteiger partial charge in [-0.3, -0.25) is 4.79 Å². The fraction of sp³-hybridized carbons (Fsp3) is 0.0455. The van der Waals surface area contributed by atoms with E-state index < -0.39 is 11.5 Å². The van der Waals surface area contributed by atoms with Gasteiger partial charge < -0.3 is 9.84 Å². The van der Waals surface area contributed by atoms with Gasteiger partial charge in [-0.25, -0.2) is 14.2 Å². The summed E-state index contributed by atoms with van der Waals surface area (Å²) in [5, 5.41) is 9.63. The lowest BCUT2D eigenvalue weighted by Crippen LogP contribution is -2.17. The lowest BCUT2D eigenvalue weighted by Gasteiger charge is -2.06. The summed E-state index contributed by atoms with van der Waals surface area (Å²) >= 11 is 7.25. The molecule has 2 heterocycles.